The Hall–Kier alpha value is 0.440. The Labute approximate surface area is 113 Å². The Morgan fingerprint density at radius 3 is 1.76 bits per heavy atom. The van der Waals surface area contributed by atoms with E-state index in [4.69, 9.17) is 20.9 Å². The monoisotopic (exact) mass is 279 g/mol. The topological polar surface area (TPSA) is 18.5 Å². The van der Waals surface area contributed by atoms with E-state index < -0.39 is 7.15 Å². The normalized spacial score (nSPS) is 11.8. The number of rotatable bonds is 13. The third-order valence-corrected chi connectivity index (χ3v) is 4.30. The van der Waals surface area contributed by atoms with Gasteiger partial charge < -0.3 is 0 Å². The van der Waals surface area contributed by atoms with Crippen molar-refractivity contribution in [3.05, 3.63) is 0 Å². The molecule has 0 aromatic rings. The molecule has 0 N–H and O–H groups in total. The van der Waals surface area contributed by atoms with Crippen molar-refractivity contribution in [2.75, 3.05) is 13.7 Å². The van der Waals surface area contributed by atoms with E-state index in [-0.39, 0.29) is 0 Å². The van der Waals surface area contributed by atoms with Gasteiger partial charge in [-0.15, -0.1) is 9.05 Å². The van der Waals surface area contributed by atoms with Gasteiger partial charge in [-0.2, -0.15) is 0 Å². The van der Waals surface area contributed by atoms with Crippen LogP contribution in [0.3, 0.4) is 0 Å². The van der Waals surface area contributed by atoms with Crippen molar-refractivity contribution in [2.24, 2.45) is 0 Å². The fourth-order valence-electron chi connectivity index (χ4n) is 1.78. The quantitative estimate of drug-likeness (QED) is 0.335. The van der Waals surface area contributed by atoms with E-state index in [0.29, 0.717) is 0 Å². The van der Waals surface area contributed by atoms with Gasteiger partial charge in [-0.05, 0) is 6.42 Å². The molecule has 4 heteroatoms. The molecule has 1 unspecified atom stereocenters. The summed E-state index contributed by atoms with van der Waals surface area (Å²) in [6, 6.07) is 0. The minimum Gasteiger partial charge on any atom is -0.145 e. The summed E-state index contributed by atoms with van der Waals surface area (Å²) in [5, 5.41) is 0. The average molecular weight is 279 g/mol. The molecule has 17 heavy (non-hydrogen) atoms. The summed E-state index contributed by atoms with van der Waals surface area (Å²) >= 11 is 4.93. The molecule has 0 aliphatic carbocycles. The van der Waals surface area contributed by atoms with E-state index in [1.807, 2.05) is 0 Å². The van der Waals surface area contributed by atoms with Gasteiger partial charge in [0, 0.05) is 0 Å². The largest absolute Gasteiger partial charge is 0.521 e. The van der Waals surface area contributed by atoms with E-state index in [1.165, 1.54) is 57.8 Å². The summed E-state index contributed by atoms with van der Waals surface area (Å²) in [6.07, 6.45) is 13.5. The number of unbranched alkanes of at least 4 members (excludes halogenated alkanes) is 9. The smallest absolute Gasteiger partial charge is 0.145 e. The van der Waals surface area contributed by atoms with Crippen LogP contribution in [0.25, 0.3) is 0 Å². The van der Waals surface area contributed by atoms with Crippen molar-refractivity contribution >= 4 is 19.0 Å². The molecule has 0 rings (SSSR count). The maximum absolute atomic E-state index is 5.32. The van der Waals surface area contributed by atoms with Crippen molar-refractivity contribution in [2.45, 2.75) is 71.1 Å². The molecule has 0 aliphatic heterocycles. The minimum atomic E-state index is -1.03. The lowest BCUT2D eigenvalue weighted by molar-refractivity contribution is 0.290. The molecular formula is C13H28O2PS+. The van der Waals surface area contributed by atoms with E-state index in [9.17, 15) is 0 Å². The van der Waals surface area contributed by atoms with Gasteiger partial charge in [-0.3, -0.25) is 0 Å². The summed E-state index contributed by atoms with van der Waals surface area (Å²) in [5.74, 6) is 0. The standard InChI is InChI=1S/C13H28O2PS/c1-3-4-5-6-7-8-9-10-11-12-13-15-16(17)14-2/h3-13H2,1-2H3/q+1. The average Bonchev–Trinajstić information content (AvgIpc) is 2.35. The van der Waals surface area contributed by atoms with Gasteiger partial charge in [0.15, 0.2) is 0 Å². The molecule has 0 aromatic heterocycles. The third kappa shape index (κ3) is 14.4. The lowest BCUT2D eigenvalue weighted by Crippen LogP contribution is -1.88. The summed E-state index contributed by atoms with van der Waals surface area (Å²) < 4.78 is 10.2. The molecule has 0 heterocycles. The second kappa shape index (κ2) is 14.5. The van der Waals surface area contributed by atoms with Crippen LogP contribution in [0, 0.1) is 0 Å². The SMILES string of the molecule is CCCCCCCCCCCCO[P+](=S)OC. The fourth-order valence-corrected chi connectivity index (χ4v) is 2.39. The summed E-state index contributed by atoms with van der Waals surface area (Å²) in [6.45, 7) is 3.03. The molecule has 0 aromatic carbocycles. The Kier molecular flexibility index (Phi) is 14.9. The van der Waals surface area contributed by atoms with Crippen molar-refractivity contribution in [1.82, 2.24) is 0 Å². The first-order chi connectivity index (χ1) is 8.31. The maximum Gasteiger partial charge on any atom is 0.521 e. The van der Waals surface area contributed by atoms with Crippen LogP contribution in [0.5, 0.6) is 0 Å². The zero-order valence-electron chi connectivity index (χ0n) is 11.5. The highest BCUT2D eigenvalue weighted by Crippen LogP contribution is 2.22. The number of hydrogen-bond donors (Lipinski definition) is 0. The fraction of sp³-hybridized carbons (Fsp3) is 1.00. The summed E-state index contributed by atoms with van der Waals surface area (Å²) in [7, 11) is 0.577. The molecule has 0 spiro atoms. The van der Waals surface area contributed by atoms with Crippen LogP contribution >= 0.6 is 7.15 Å². The van der Waals surface area contributed by atoms with Crippen molar-refractivity contribution in [3.63, 3.8) is 0 Å². The van der Waals surface area contributed by atoms with Gasteiger partial charge in [0.05, 0.1) is 7.11 Å². The van der Waals surface area contributed by atoms with E-state index in [0.717, 1.165) is 13.0 Å². The lowest BCUT2D eigenvalue weighted by atomic mass is 10.1. The van der Waals surface area contributed by atoms with Gasteiger partial charge in [0.1, 0.15) is 6.61 Å². The zero-order valence-corrected chi connectivity index (χ0v) is 13.2. The van der Waals surface area contributed by atoms with Gasteiger partial charge in [-0.1, -0.05) is 64.7 Å². The predicted octanol–water partition coefficient (Wildman–Crippen LogP) is 5.34. The first kappa shape index (κ1) is 17.4. The molecule has 0 saturated heterocycles. The zero-order chi connectivity index (χ0) is 12.8. The highest BCUT2D eigenvalue weighted by Gasteiger charge is 2.08. The minimum absolute atomic E-state index is 0.763. The van der Waals surface area contributed by atoms with Crippen LogP contribution in [0.15, 0.2) is 0 Å². The second-order valence-electron chi connectivity index (χ2n) is 4.42. The predicted molar refractivity (Wildman–Crippen MR) is 79.1 cm³/mol. The first-order valence-electron chi connectivity index (χ1n) is 6.95. The molecule has 2 nitrogen and oxygen atoms in total. The third-order valence-electron chi connectivity index (χ3n) is 2.84. The van der Waals surface area contributed by atoms with Crippen LogP contribution in [-0.4, -0.2) is 13.7 Å². The van der Waals surface area contributed by atoms with Crippen LogP contribution in [0.4, 0.5) is 0 Å². The van der Waals surface area contributed by atoms with E-state index >= 15 is 0 Å². The number of hydrogen-bond acceptors (Lipinski definition) is 3. The van der Waals surface area contributed by atoms with Gasteiger partial charge in [0.2, 0.25) is 11.8 Å². The molecule has 0 amide bonds. The lowest BCUT2D eigenvalue weighted by Gasteiger charge is -2.01. The van der Waals surface area contributed by atoms with Crippen LogP contribution in [-0.2, 0) is 20.9 Å². The van der Waals surface area contributed by atoms with Gasteiger partial charge in [-0.25, -0.2) is 0 Å². The highest BCUT2D eigenvalue weighted by atomic mass is 32.4. The first-order valence-corrected chi connectivity index (χ1v) is 9.14. The summed E-state index contributed by atoms with van der Waals surface area (Å²) in [5.41, 5.74) is 0. The van der Waals surface area contributed by atoms with Crippen molar-refractivity contribution in [1.29, 1.82) is 0 Å². The Balaban J connectivity index is 2.96. The van der Waals surface area contributed by atoms with Crippen LogP contribution < -0.4 is 0 Å². The van der Waals surface area contributed by atoms with Crippen LogP contribution in [0.2, 0.25) is 0 Å². The van der Waals surface area contributed by atoms with E-state index in [2.05, 4.69) is 6.92 Å². The highest BCUT2D eigenvalue weighted by molar-refractivity contribution is 8.00. The Morgan fingerprint density at radius 2 is 1.29 bits per heavy atom. The van der Waals surface area contributed by atoms with Gasteiger partial charge in [0.25, 0.3) is 0 Å². The Bertz CT molecular complexity index is 177. The molecule has 0 saturated carbocycles. The van der Waals surface area contributed by atoms with E-state index in [1.54, 1.807) is 7.11 Å². The molecule has 102 valence electrons. The summed E-state index contributed by atoms with van der Waals surface area (Å²) in [4.78, 5) is 0. The maximum atomic E-state index is 5.32. The van der Waals surface area contributed by atoms with Crippen LogP contribution in [0.1, 0.15) is 71.1 Å². The van der Waals surface area contributed by atoms with Gasteiger partial charge >= 0.3 is 7.15 Å². The molecule has 1 atom stereocenters. The Morgan fingerprint density at radius 1 is 0.824 bits per heavy atom. The molecule has 0 aliphatic rings. The van der Waals surface area contributed by atoms with Crippen molar-refractivity contribution < 1.29 is 9.05 Å². The second-order valence-corrected chi connectivity index (χ2v) is 6.39. The van der Waals surface area contributed by atoms with Crippen molar-refractivity contribution in [3.8, 4) is 0 Å². The molecule has 0 radical (unpaired) electrons. The molecule has 0 bridgehead atoms. The molecule has 0 fully saturated rings. The molecular weight excluding hydrogens is 251 g/mol.